The van der Waals surface area contributed by atoms with Crippen LogP contribution in [0.3, 0.4) is 0 Å². The molecule has 1 amide bonds. The zero-order valence-corrected chi connectivity index (χ0v) is 6.90. The first kappa shape index (κ1) is 9.21. The first-order valence-corrected chi connectivity index (χ1v) is 3.59. The monoisotopic (exact) mass is 141 g/mol. The van der Waals surface area contributed by atoms with Crippen molar-refractivity contribution in [3.63, 3.8) is 0 Å². The minimum atomic E-state index is 0.0156. The Labute approximate surface area is 62.3 Å². The fourth-order valence-electron chi connectivity index (χ4n) is 0.561. The van der Waals surface area contributed by atoms with Crippen molar-refractivity contribution < 1.29 is 4.79 Å². The number of allylic oxidation sites excluding steroid dienone is 1. The van der Waals surface area contributed by atoms with Crippen LogP contribution >= 0.6 is 0 Å². The molecule has 0 rings (SSSR count). The Morgan fingerprint density at radius 3 is 2.50 bits per heavy atom. The summed E-state index contributed by atoms with van der Waals surface area (Å²) in [6, 6.07) is 0. The number of hydrogen-bond donors (Lipinski definition) is 1. The quantitative estimate of drug-likeness (QED) is 0.592. The van der Waals surface area contributed by atoms with Gasteiger partial charge < -0.3 is 5.32 Å². The van der Waals surface area contributed by atoms with Gasteiger partial charge in [-0.25, -0.2) is 0 Å². The molecule has 0 aromatic heterocycles. The molecule has 0 spiro atoms. The largest absolute Gasteiger partial charge is 0.353 e. The Morgan fingerprint density at radius 2 is 2.10 bits per heavy atom. The molecule has 0 atom stereocenters. The third-order valence-electron chi connectivity index (χ3n) is 0.969. The SMILES string of the molecule is CCCNC(=O)C=C(C)C. The van der Waals surface area contributed by atoms with Crippen molar-refractivity contribution >= 4 is 5.91 Å². The van der Waals surface area contributed by atoms with Crippen molar-refractivity contribution in [1.82, 2.24) is 5.32 Å². The standard InChI is InChI=1S/C8H15NO/c1-4-5-9-8(10)6-7(2)3/h6H,4-5H2,1-3H3,(H,9,10). The predicted octanol–water partition coefficient (Wildman–Crippen LogP) is 1.48. The van der Waals surface area contributed by atoms with Gasteiger partial charge in [0, 0.05) is 12.6 Å². The van der Waals surface area contributed by atoms with E-state index in [2.05, 4.69) is 5.32 Å². The number of hydrogen-bond acceptors (Lipinski definition) is 1. The van der Waals surface area contributed by atoms with E-state index in [9.17, 15) is 4.79 Å². The summed E-state index contributed by atoms with van der Waals surface area (Å²) < 4.78 is 0. The maximum Gasteiger partial charge on any atom is 0.243 e. The van der Waals surface area contributed by atoms with Gasteiger partial charge in [0.1, 0.15) is 0 Å². The lowest BCUT2D eigenvalue weighted by Gasteiger charge is -1.97. The Hall–Kier alpha value is -0.790. The zero-order chi connectivity index (χ0) is 7.98. The summed E-state index contributed by atoms with van der Waals surface area (Å²) in [6.07, 6.45) is 2.60. The summed E-state index contributed by atoms with van der Waals surface area (Å²) in [5.74, 6) is 0.0156. The van der Waals surface area contributed by atoms with Gasteiger partial charge in [-0.05, 0) is 20.3 Å². The molecule has 0 aliphatic heterocycles. The van der Waals surface area contributed by atoms with E-state index in [1.54, 1.807) is 6.08 Å². The van der Waals surface area contributed by atoms with E-state index in [-0.39, 0.29) is 5.91 Å². The fraction of sp³-hybridized carbons (Fsp3) is 0.625. The van der Waals surface area contributed by atoms with Crippen LogP contribution in [0.25, 0.3) is 0 Å². The van der Waals surface area contributed by atoms with Crippen LogP contribution in [0.5, 0.6) is 0 Å². The normalized spacial score (nSPS) is 8.70. The minimum Gasteiger partial charge on any atom is -0.353 e. The molecule has 10 heavy (non-hydrogen) atoms. The Morgan fingerprint density at radius 1 is 1.50 bits per heavy atom. The van der Waals surface area contributed by atoms with Gasteiger partial charge in [-0.3, -0.25) is 4.79 Å². The molecule has 0 bridgehead atoms. The smallest absolute Gasteiger partial charge is 0.243 e. The molecule has 0 saturated carbocycles. The summed E-state index contributed by atoms with van der Waals surface area (Å²) in [6.45, 7) is 6.61. The molecule has 0 aromatic rings. The lowest BCUT2D eigenvalue weighted by molar-refractivity contribution is -0.116. The molecule has 0 fully saturated rings. The molecule has 0 saturated heterocycles. The van der Waals surface area contributed by atoms with E-state index >= 15 is 0 Å². The summed E-state index contributed by atoms with van der Waals surface area (Å²) in [7, 11) is 0. The topological polar surface area (TPSA) is 29.1 Å². The van der Waals surface area contributed by atoms with Crippen LogP contribution in [0.1, 0.15) is 27.2 Å². The maximum atomic E-state index is 10.8. The molecule has 0 aliphatic carbocycles. The van der Waals surface area contributed by atoms with Crippen molar-refractivity contribution in [2.75, 3.05) is 6.54 Å². The van der Waals surface area contributed by atoms with Gasteiger partial charge in [-0.1, -0.05) is 12.5 Å². The van der Waals surface area contributed by atoms with Crippen LogP contribution in [0.2, 0.25) is 0 Å². The molecule has 2 heteroatoms. The van der Waals surface area contributed by atoms with Gasteiger partial charge in [0.05, 0.1) is 0 Å². The molecule has 1 N–H and O–H groups in total. The number of amides is 1. The van der Waals surface area contributed by atoms with E-state index in [0.29, 0.717) is 0 Å². The Kier molecular flexibility index (Phi) is 4.63. The van der Waals surface area contributed by atoms with Crippen molar-refractivity contribution in [3.8, 4) is 0 Å². The van der Waals surface area contributed by atoms with Crippen LogP contribution in [0.4, 0.5) is 0 Å². The summed E-state index contributed by atoms with van der Waals surface area (Å²) in [5, 5.41) is 2.75. The van der Waals surface area contributed by atoms with Gasteiger partial charge in [-0.2, -0.15) is 0 Å². The summed E-state index contributed by atoms with van der Waals surface area (Å²) >= 11 is 0. The van der Waals surface area contributed by atoms with Gasteiger partial charge >= 0.3 is 0 Å². The van der Waals surface area contributed by atoms with E-state index in [0.717, 1.165) is 18.5 Å². The van der Waals surface area contributed by atoms with Gasteiger partial charge in [0.15, 0.2) is 0 Å². The zero-order valence-electron chi connectivity index (χ0n) is 6.90. The van der Waals surface area contributed by atoms with Gasteiger partial charge in [0.25, 0.3) is 0 Å². The van der Waals surface area contributed by atoms with Crippen molar-refractivity contribution in [2.45, 2.75) is 27.2 Å². The number of rotatable bonds is 3. The molecule has 2 nitrogen and oxygen atoms in total. The highest BCUT2D eigenvalue weighted by Gasteiger charge is 1.91. The van der Waals surface area contributed by atoms with Gasteiger partial charge in [0.2, 0.25) is 5.91 Å². The first-order valence-electron chi connectivity index (χ1n) is 3.59. The second kappa shape index (κ2) is 5.03. The summed E-state index contributed by atoms with van der Waals surface area (Å²) in [4.78, 5) is 10.8. The second-order valence-corrected chi connectivity index (χ2v) is 2.51. The van der Waals surface area contributed by atoms with Gasteiger partial charge in [-0.15, -0.1) is 0 Å². The fourth-order valence-corrected chi connectivity index (χ4v) is 0.561. The van der Waals surface area contributed by atoms with Crippen LogP contribution in [0, 0.1) is 0 Å². The molecular formula is C8H15NO. The molecule has 0 aliphatic rings. The molecule has 58 valence electrons. The number of nitrogens with one attached hydrogen (secondary N) is 1. The highest BCUT2D eigenvalue weighted by molar-refractivity contribution is 5.87. The van der Waals surface area contributed by atoms with E-state index in [1.165, 1.54) is 0 Å². The van der Waals surface area contributed by atoms with Crippen LogP contribution < -0.4 is 5.32 Å². The minimum absolute atomic E-state index is 0.0156. The second-order valence-electron chi connectivity index (χ2n) is 2.51. The van der Waals surface area contributed by atoms with Crippen LogP contribution in [-0.4, -0.2) is 12.5 Å². The van der Waals surface area contributed by atoms with E-state index in [4.69, 9.17) is 0 Å². The van der Waals surface area contributed by atoms with Crippen LogP contribution in [-0.2, 0) is 4.79 Å². The first-order chi connectivity index (χ1) is 4.66. The average Bonchev–Trinajstić information content (AvgIpc) is 1.82. The highest BCUT2D eigenvalue weighted by atomic mass is 16.1. The lowest BCUT2D eigenvalue weighted by atomic mass is 10.3. The molecular weight excluding hydrogens is 126 g/mol. The van der Waals surface area contributed by atoms with Crippen molar-refractivity contribution in [2.24, 2.45) is 0 Å². The number of carbonyl (C=O) groups is 1. The van der Waals surface area contributed by atoms with Crippen molar-refractivity contribution in [1.29, 1.82) is 0 Å². The van der Waals surface area contributed by atoms with E-state index < -0.39 is 0 Å². The Balaban J connectivity index is 3.54. The third kappa shape index (κ3) is 5.35. The summed E-state index contributed by atoms with van der Waals surface area (Å²) in [5.41, 5.74) is 1.04. The maximum absolute atomic E-state index is 10.8. The molecule has 0 unspecified atom stereocenters. The van der Waals surface area contributed by atoms with E-state index in [1.807, 2.05) is 20.8 Å². The third-order valence-corrected chi connectivity index (χ3v) is 0.969. The number of carbonyl (C=O) groups excluding carboxylic acids is 1. The lowest BCUT2D eigenvalue weighted by Crippen LogP contribution is -2.21. The van der Waals surface area contributed by atoms with Crippen LogP contribution in [0.15, 0.2) is 11.6 Å². The Bertz CT molecular complexity index is 134. The average molecular weight is 141 g/mol. The predicted molar refractivity (Wildman–Crippen MR) is 42.7 cm³/mol. The molecule has 0 aromatic carbocycles. The van der Waals surface area contributed by atoms with Crippen molar-refractivity contribution in [3.05, 3.63) is 11.6 Å². The molecule has 0 radical (unpaired) electrons. The highest BCUT2D eigenvalue weighted by Crippen LogP contribution is 1.86. The molecule has 0 heterocycles.